The molecule has 1 atom stereocenters. The predicted octanol–water partition coefficient (Wildman–Crippen LogP) is 3.50. The van der Waals surface area contributed by atoms with Crippen LogP contribution in [0.25, 0.3) is 0 Å². The van der Waals surface area contributed by atoms with Gasteiger partial charge in [-0.1, -0.05) is 49.7 Å². The summed E-state index contributed by atoms with van der Waals surface area (Å²) in [4.78, 5) is 12.0. The molecule has 0 radical (unpaired) electrons. The topological polar surface area (TPSA) is 64.3 Å². The Kier molecular flexibility index (Phi) is 5.77. The third-order valence-electron chi connectivity index (χ3n) is 3.61. The Morgan fingerprint density at radius 1 is 1.17 bits per heavy atom. The van der Waals surface area contributed by atoms with E-state index in [1.807, 2.05) is 44.2 Å². The third-order valence-corrected chi connectivity index (χ3v) is 3.61. The zero-order valence-corrected chi connectivity index (χ0v) is 13.9. The zero-order valence-electron chi connectivity index (χ0n) is 13.9. The van der Waals surface area contributed by atoms with E-state index in [0.717, 1.165) is 5.56 Å². The molecule has 0 fully saturated rings. The van der Waals surface area contributed by atoms with Gasteiger partial charge in [0.05, 0.1) is 6.04 Å². The van der Waals surface area contributed by atoms with Crippen molar-refractivity contribution in [1.82, 2.24) is 0 Å². The molecule has 3 N–H and O–H groups in total. The standard InChI is InChI=1S/C19H24N2O2/c1-13(2)18(20)19(22)21-16-8-5-9-17(11-16)23-12-15-7-4-6-14(3)10-15/h4-11,13,18H,12,20H2,1-3H3,(H,21,22)/t18-/m0/s1. The van der Waals surface area contributed by atoms with Gasteiger partial charge < -0.3 is 15.8 Å². The molecule has 4 nitrogen and oxygen atoms in total. The quantitative estimate of drug-likeness (QED) is 0.858. The molecule has 0 saturated carbocycles. The van der Waals surface area contributed by atoms with Crippen molar-refractivity contribution in [3.05, 3.63) is 59.7 Å². The third kappa shape index (κ3) is 5.11. The van der Waals surface area contributed by atoms with E-state index in [1.165, 1.54) is 5.56 Å². The molecule has 0 heterocycles. The van der Waals surface area contributed by atoms with E-state index in [1.54, 1.807) is 6.07 Å². The first-order valence-corrected chi connectivity index (χ1v) is 7.80. The van der Waals surface area contributed by atoms with Crippen LogP contribution in [0.1, 0.15) is 25.0 Å². The van der Waals surface area contributed by atoms with Crippen molar-refractivity contribution >= 4 is 11.6 Å². The Labute approximate surface area is 137 Å². The van der Waals surface area contributed by atoms with E-state index in [4.69, 9.17) is 10.5 Å². The lowest BCUT2D eigenvalue weighted by molar-refractivity contribution is -0.118. The maximum atomic E-state index is 12.0. The van der Waals surface area contributed by atoms with Gasteiger partial charge in [-0.2, -0.15) is 0 Å². The fourth-order valence-corrected chi connectivity index (χ4v) is 2.16. The van der Waals surface area contributed by atoms with Gasteiger partial charge >= 0.3 is 0 Å². The molecule has 4 heteroatoms. The second-order valence-corrected chi connectivity index (χ2v) is 6.06. The Morgan fingerprint density at radius 3 is 2.61 bits per heavy atom. The second-order valence-electron chi connectivity index (χ2n) is 6.06. The lowest BCUT2D eigenvalue weighted by Crippen LogP contribution is -2.39. The summed E-state index contributed by atoms with van der Waals surface area (Å²) in [5.74, 6) is 0.619. The molecule has 2 rings (SSSR count). The van der Waals surface area contributed by atoms with Crippen LogP contribution in [0, 0.1) is 12.8 Å². The molecule has 122 valence electrons. The van der Waals surface area contributed by atoms with Crippen molar-refractivity contribution in [2.24, 2.45) is 11.7 Å². The van der Waals surface area contributed by atoms with Crippen LogP contribution in [-0.4, -0.2) is 11.9 Å². The van der Waals surface area contributed by atoms with Gasteiger partial charge in [-0.05, 0) is 30.5 Å². The average Bonchev–Trinajstić information content (AvgIpc) is 2.52. The van der Waals surface area contributed by atoms with E-state index in [0.29, 0.717) is 18.0 Å². The maximum Gasteiger partial charge on any atom is 0.241 e. The Balaban J connectivity index is 1.98. The van der Waals surface area contributed by atoms with Gasteiger partial charge in [0, 0.05) is 11.8 Å². The highest BCUT2D eigenvalue weighted by atomic mass is 16.5. The summed E-state index contributed by atoms with van der Waals surface area (Å²) in [6.07, 6.45) is 0. The minimum atomic E-state index is -0.521. The molecule has 0 saturated heterocycles. The van der Waals surface area contributed by atoms with E-state index in [-0.39, 0.29) is 11.8 Å². The molecule has 0 bridgehead atoms. The number of carbonyl (C=O) groups excluding carboxylic acids is 1. The number of benzene rings is 2. The van der Waals surface area contributed by atoms with E-state index < -0.39 is 6.04 Å². The molecule has 2 aromatic carbocycles. The Hall–Kier alpha value is -2.33. The van der Waals surface area contributed by atoms with E-state index >= 15 is 0 Å². The highest BCUT2D eigenvalue weighted by molar-refractivity contribution is 5.94. The number of nitrogens with two attached hydrogens (primary N) is 1. The van der Waals surface area contributed by atoms with Gasteiger partial charge in [0.2, 0.25) is 5.91 Å². The summed E-state index contributed by atoms with van der Waals surface area (Å²) in [6.45, 7) is 6.39. The Bertz CT molecular complexity index is 668. The largest absolute Gasteiger partial charge is 0.489 e. The van der Waals surface area contributed by atoms with Crippen molar-refractivity contribution in [3.63, 3.8) is 0 Å². The lowest BCUT2D eigenvalue weighted by Gasteiger charge is -2.16. The summed E-state index contributed by atoms with van der Waals surface area (Å²) in [6, 6.07) is 15.0. The normalized spacial score (nSPS) is 12.0. The number of anilines is 1. The number of rotatable bonds is 6. The summed E-state index contributed by atoms with van der Waals surface area (Å²) < 4.78 is 5.79. The smallest absolute Gasteiger partial charge is 0.241 e. The number of ether oxygens (including phenoxy) is 1. The van der Waals surface area contributed by atoms with Crippen LogP contribution in [0.5, 0.6) is 5.75 Å². The predicted molar refractivity (Wildman–Crippen MR) is 93.4 cm³/mol. The number of hydrogen-bond donors (Lipinski definition) is 2. The molecular weight excluding hydrogens is 288 g/mol. The molecule has 0 unspecified atom stereocenters. The minimum Gasteiger partial charge on any atom is -0.489 e. The molecule has 2 aromatic rings. The molecule has 0 aliphatic rings. The van der Waals surface area contributed by atoms with Gasteiger partial charge in [-0.25, -0.2) is 0 Å². The number of aryl methyl sites for hydroxylation is 1. The number of nitrogens with one attached hydrogen (secondary N) is 1. The first kappa shape index (κ1) is 17.0. The first-order chi connectivity index (χ1) is 11.0. The maximum absolute atomic E-state index is 12.0. The number of amides is 1. The fraction of sp³-hybridized carbons (Fsp3) is 0.316. The molecule has 0 aliphatic heterocycles. The van der Waals surface area contributed by atoms with Crippen LogP contribution in [0.3, 0.4) is 0 Å². The highest BCUT2D eigenvalue weighted by Gasteiger charge is 2.17. The van der Waals surface area contributed by atoms with Crippen LogP contribution in [0.4, 0.5) is 5.69 Å². The van der Waals surface area contributed by atoms with E-state index in [2.05, 4.69) is 24.4 Å². The Morgan fingerprint density at radius 2 is 1.91 bits per heavy atom. The van der Waals surface area contributed by atoms with Crippen LogP contribution >= 0.6 is 0 Å². The van der Waals surface area contributed by atoms with Crippen molar-refractivity contribution in [2.45, 2.75) is 33.4 Å². The molecule has 1 amide bonds. The second kappa shape index (κ2) is 7.79. The van der Waals surface area contributed by atoms with Crippen LogP contribution < -0.4 is 15.8 Å². The van der Waals surface area contributed by atoms with Crippen molar-refractivity contribution in [2.75, 3.05) is 5.32 Å². The molecule has 0 spiro atoms. The molecule has 0 aliphatic carbocycles. The number of hydrogen-bond acceptors (Lipinski definition) is 3. The highest BCUT2D eigenvalue weighted by Crippen LogP contribution is 2.19. The van der Waals surface area contributed by atoms with Crippen LogP contribution in [0.15, 0.2) is 48.5 Å². The average molecular weight is 312 g/mol. The van der Waals surface area contributed by atoms with E-state index in [9.17, 15) is 4.79 Å². The van der Waals surface area contributed by atoms with Crippen molar-refractivity contribution in [1.29, 1.82) is 0 Å². The fourth-order valence-electron chi connectivity index (χ4n) is 2.16. The minimum absolute atomic E-state index is 0.0933. The number of carbonyl (C=O) groups is 1. The van der Waals surface area contributed by atoms with Crippen LogP contribution in [0.2, 0.25) is 0 Å². The van der Waals surface area contributed by atoms with Gasteiger partial charge in [0.25, 0.3) is 0 Å². The molecular formula is C19H24N2O2. The summed E-state index contributed by atoms with van der Waals surface area (Å²) in [5.41, 5.74) is 8.86. The van der Waals surface area contributed by atoms with Gasteiger partial charge in [0.15, 0.2) is 0 Å². The summed E-state index contributed by atoms with van der Waals surface area (Å²) in [5, 5.41) is 2.83. The van der Waals surface area contributed by atoms with Crippen molar-refractivity contribution in [3.8, 4) is 5.75 Å². The van der Waals surface area contributed by atoms with Gasteiger partial charge in [0.1, 0.15) is 12.4 Å². The van der Waals surface area contributed by atoms with Crippen LogP contribution in [-0.2, 0) is 11.4 Å². The summed E-state index contributed by atoms with van der Waals surface area (Å²) >= 11 is 0. The molecule has 0 aromatic heterocycles. The lowest BCUT2D eigenvalue weighted by atomic mass is 10.0. The SMILES string of the molecule is Cc1cccc(COc2cccc(NC(=O)[C@@H](N)C(C)C)c2)c1. The van der Waals surface area contributed by atoms with Gasteiger partial charge in [-0.3, -0.25) is 4.79 Å². The summed E-state index contributed by atoms with van der Waals surface area (Å²) in [7, 11) is 0. The van der Waals surface area contributed by atoms with Crippen molar-refractivity contribution < 1.29 is 9.53 Å². The monoisotopic (exact) mass is 312 g/mol. The first-order valence-electron chi connectivity index (χ1n) is 7.80. The molecule has 23 heavy (non-hydrogen) atoms. The van der Waals surface area contributed by atoms with Gasteiger partial charge in [-0.15, -0.1) is 0 Å². The zero-order chi connectivity index (χ0) is 16.8.